The molecule has 0 fully saturated rings. The molecule has 1 atom stereocenters. The number of carboxylic acids is 1. The maximum Gasteiger partial charge on any atom is 0.328 e. The van der Waals surface area contributed by atoms with E-state index < -0.39 is 11.5 Å². The van der Waals surface area contributed by atoms with Gasteiger partial charge in [-0.1, -0.05) is 50.6 Å². The summed E-state index contributed by atoms with van der Waals surface area (Å²) in [6, 6.07) is 8.76. The average molecular weight is 209 g/mol. The number of carbonyl (C=O) groups is 1. The van der Waals surface area contributed by atoms with Gasteiger partial charge in [0.05, 0.1) is 0 Å². The smallest absolute Gasteiger partial charge is 0.328 e. The van der Waals surface area contributed by atoms with Gasteiger partial charge in [-0.3, -0.25) is 0 Å². The molecule has 0 saturated carbocycles. The molecule has 0 aliphatic heterocycles. The molecule has 0 bridgehead atoms. The van der Waals surface area contributed by atoms with Crippen molar-refractivity contribution in [1.82, 2.24) is 0 Å². The molecule has 84 valence electrons. The summed E-state index contributed by atoms with van der Waals surface area (Å²) in [4.78, 5) is 10.7. The van der Waals surface area contributed by atoms with Gasteiger partial charge >= 0.3 is 5.97 Å². The molecule has 0 spiro atoms. The van der Waals surface area contributed by atoms with Crippen molar-refractivity contribution >= 4 is 5.97 Å². The fourth-order valence-corrected chi connectivity index (χ4v) is 0.908. The van der Waals surface area contributed by atoms with Crippen molar-refractivity contribution in [3.05, 3.63) is 35.9 Å². The Morgan fingerprint density at radius 1 is 1.33 bits per heavy atom. The molecule has 0 saturated heterocycles. The Kier molecular flexibility index (Phi) is 5.64. The number of hydrogen-bond donors (Lipinski definition) is 2. The monoisotopic (exact) mass is 209 g/mol. The summed E-state index contributed by atoms with van der Waals surface area (Å²) < 4.78 is 0. The molecular formula is C12H19NO2. The Hall–Kier alpha value is -1.35. The second kappa shape index (κ2) is 6.19. The SMILES string of the molecule is CC(N)(C(=O)O)c1ccccc1.CCC. The molecule has 1 aromatic carbocycles. The lowest BCUT2D eigenvalue weighted by atomic mass is 9.94. The molecule has 15 heavy (non-hydrogen) atoms. The molecule has 0 aliphatic carbocycles. The van der Waals surface area contributed by atoms with Gasteiger partial charge in [0.25, 0.3) is 0 Å². The average Bonchev–Trinajstić information content (AvgIpc) is 2.20. The van der Waals surface area contributed by atoms with Crippen molar-refractivity contribution < 1.29 is 9.90 Å². The standard InChI is InChI=1S/C9H11NO2.C3H8/c1-9(10,8(11)12)7-5-3-2-4-6-7;1-3-2/h2-6H,10H2,1H3,(H,11,12);3H2,1-2H3. The second-order valence-corrected chi connectivity index (χ2v) is 3.58. The highest BCUT2D eigenvalue weighted by Crippen LogP contribution is 2.16. The van der Waals surface area contributed by atoms with Crippen LogP contribution in [0.4, 0.5) is 0 Å². The van der Waals surface area contributed by atoms with Gasteiger partial charge in [0.15, 0.2) is 0 Å². The molecule has 0 radical (unpaired) electrons. The molecule has 3 heteroatoms. The third kappa shape index (κ3) is 4.13. The molecule has 0 aromatic heterocycles. The van der Waals surface area contributed by atoms with Gasteiger partial charge in [0.1, 0.15) is 5.54 Å². The van der Waals surface area contributed by atoms with Crippen LogP contribution in [0.15, 0.2) is 30.3 Å². The first-order chi connectivity index (χ1) is 6.96. The minimum atomic E-state index is -1.29. The van der Waals surface area contributed by atoms with E-state index in [2.05, 4.69) is 13.8 Å². The van der Waals surface area contributed by atoms with Gasteiger partial charge in [-0.15, -0.1) is 0 Å². The van der Waals surface area contributed by atoms with Crippen LogP contribution in [0.25, 0.3) is 0 Å². The lowest BCUT2D eigenvalue weighted by molar-refractivity contribution is -0.143. The quantitative estimate of drug-likeness (QED) is 0.786. The maximum atomic E-state index is 10.7. The van der Waals surface area contributed by atoms with Crippen LogP contribution in [0.3, 0.4) is 0 Å². The van der Waals surface area contributed by atoms with Crippen LogP contribution in [-0.4, -0.2) is 11.1 Å². The number of nitrogens with two attached hydrogens (primary N) is 1. The number of rotatable bonds is 2. The predicted octanol–water partition coefficient (Wildman–Crippen LogP) is 2.36. The summed E-state index contributed by atoms with van der Waals surface area (Å²) in [6.07, 6.45) is 1.25. The first-order valence-electron chi connectivity index (χ1n) is 5.04. The molecule has 0 heterocycles. The van der Waals surface area contributed by atoms with Gasteiger partial charge < -0.3 is 10.8 Å². The van der Waals surface area contributed by atoms with E-state index in [9.17, 15) is 4.79 Å². The normalized spacial score (nSPS) is 13.3. The van der Waals surface area contributed by atoms with Gasteiger partial charge in [0.2, 0.25) is 0 Å². The van der Waals surface area contributed by atoms with Crippen LogP contribution in [0.5, 0.6) is 0 Å². The fourth-order valence-electron chi connectivity index (χ4n) is 0.908. The first-order valence-corrected chi connectivity index (χ1v) is 5.04. The summed E-state index contributed by atoms with van der Waals surface area (Å²) in [5, 5.41) is 8.77. The Morgan fingerprint density at radius 2 is 1.73 bits per heavy atom. The van der Waals surface area contributed by atoms with Gasteiger partial charge in [0, 0.05) is 0 Å². The van der Waals surface area contributed by atoms with Crippen molar-refractivity contribution in [2.24, 2.45) is 5.73 Å². The number of hydrogen-bond acceptors (Lipinski definition) is 2. The van der Waals surface area contributed by atoms with Crippen molar-refractivity contribution in [3.63, 3.8) is 0 Å². The number of benzene rings is 1. The van der Waals surface area contributed by atoms with E-state index in [0.717, 1.165) is 0 Å². The van der Waals surface area contributed by atoms with Gasteiger partial charge in [-0.05, 0) is 12.5 Å². The fraction of sp³-hybridized carbons (Fsp3) is 0.417. The Morgan fingerprint density at radius 3 is 2.07 bits per heavy atom. The number of aliphatic carboxylic acids is 1. The van der Waals surface area contributed by atoms with E-state index in [1.54, 1.807) is 24.3 Å². The first kappa shape index (κ1) is 13.7. The molecule has 3 nitrogen and oxygen atoms in total. The molecule has 0 amide bonds. The van der Waals surface area contributed by atoms with Gasteiger partial charge in [-0.2, -0.15) is 0 Å². The topological polar surface area (TPSA) is 63.3 Å². The number of carboxylic acid groups (broad SMARTS) is 1. The third-order valence-corrected chi connectivity index (χ3v) is 1.82. The zero-order chi connectivity index (χ0) is 11.9. The van der Waals surface area contributed by atoms with E-state index in [1.165, 1.54) is 13.3 Å². The lowest BCUT2D eigenvalue weighted by Crippen LogP contribution is -2.41. The van der Waals surface area contributed by atoms with Crippen LogP contribution >= 0.6 is 0 Å². The highest BCUT2D eigenvalue weighted by atomic mass is 16.4. The van der Waals surface area contributed by atoms with Crippen LogP contribution in [-0.2, 0) is 10.3 Å². The largest absolute Gasteiger partial charge is 0.480 e. The van der Waals surface area contributed by atoms with Crippen LogP contribution < -0.4 is 5.73 Å². The van der Waals surface area contributed by atoms with E-state index in [4.69, 9.17) is 10.8 Å². The second-order valence-electron chi connectivity index (χ2n) is 3.58. The van der Waals surface area contributed by atoms with Crippen molar-refractivity contribution in [3.8, 4) is 0 Å². The third-order valence-electron chi connectivity index (χ3n) is 1.82. The maximum absolute atomic E-state index is 10.7. The van der Waals surface area contributed by atoms with Crippen molar-refractivity contribution in [2.75, 3.05) is 0 Å². The van der Waals surface area contributed by atoms with Crippen LogP contribution in [0, 0.1) is 0 Å². The molecule has 1 unspecified atom stereocenters. The zero-order valence-electron chi connectivity index (χ0n) is 9.53. The Bertz CT molecular complexity index is 294. The molecule has 1 rings (SSSR count). The Balaban J connectivity index is 0.000000583. The molecule has 3 N–H and O–H groups in total. The van der Waals surface area contributed by atoms with E-state index in [1.807, 2.05) is 6.07 Å². The lowest BCUT2D eigenvalue weighted by Gasteiger charge is -2.18. The summed E-state index contributed by atoms with van der Waals surface area (Å²) in [5.41, 5.74) is 4.90. The summed E-state index contributed by atoms with van der Waals surface area (Å²) in [5.74, 6) is -1.02. The van der Waals surface area contributed by atoms with Crippen LogP contribution in [0.1, 0.15) is 32.8 Å². The van der Waals surface area contributed by atoms with Crippen molar-refractivity contribution in [1.29, 1.82) is 0 Å². The molecule has 0 aliphatic rings. The predicted molar refractivity (Wildman–Crippen MR) is 61.6 cm³/mol. The molecule has 1 aromatic rings. The highest BCUT2D eigenvalue weighted by molar-refractivity contribution is 5.79. The summed E-state index contributed by atoms with van der Waals surface area (Å²) in [6.45, 7) is 5.73. The van der Waals surface area contributed by atoms with E-state index >= 15 is 0 Å². The zero-order valence-corrected chi connectivity index (χ0v) is 9.53. The van der Waals surface area contributed by atoms with Crippen molar-refractivity contribution in [2.45, 2.75) is 32.7 Å². The minimum Gasteiger partial charge on any atom is -0.480 e. The molecular weight excluding hydrogens is 190 g/mol. The highest BCUT2D eigenvalue weighted by Gasteiger charge is 2.29. The summed E-state index contributed by atoms with van der Waals surface area (Å²) in [7, 11) is 0. The minimum absolute atomic E-state index is 0.609. The van der Waals surface area contributed by atoms with Crippen LogP contribution in [0.2, 0.25) is 0 Å². The van der Waals surface area contributed by atoms with E-state index in [0.29, 0.717) is 5.56 Å². The van der Waals surface area contributed by atoms with E-state index in [-0.39, 0.29) is 0 Å². The Labute approximate surface area is 90.9 Å². The van der Waals surface area contributed by atoms with Gasteiger partial charge in [-0.25, -0.2) is 4.79 Å². The summed E-state index contributed by atoms with van der Waals surface area (Å²) >= 11 is 0.